The smallest absolute Gasteiger partial charge is 0.130 e. The van der Waals surface area contributed by atoms with Crippen molar-refractivity contribution in [3.05, 3.63) is 65.5 Å². The molecule has 4 heteroatoms. The fraction of sp³-hybridized carbons (Fsp3) is 0.267. The lowest BCUT2D eigenvalue weighted by atomic mass is 10.0. The molecule has 2 aromatic rings. The number of hydrogen-bond acceptors (Lipinski definition) is 2. The zero-order chi connectivity index (χ0) is 13.8. The van der Waals surface area contributed by atoms with Gasteiger partial charge in [0.2, 0.25) is 0 Å². The maximum absolute atomic E-state index is 13.7. The fourth-order valence-electron chi connectivity index (χ4n) is 2.11. The highest BCUT2D eigenvalue weighted by atomic mass is 19.1. The van der Waals surface area contributed by atoms with E-state index < -0.39 is 17.7 Å². The van der Waals surface area contributed by atoms with Crippen LogP contribution in [0.1, 0.15) is 37.1 Å². The van der Waals surface area contributed by atoms with Crippen LogP contribution in [0.5, 0.6) is 0 Å². The molecule has 0 spiro atoms. The molecule has 2 atom stereocenters. The van der Waals surface area contributed by atoms with Crippen LogP contribution in [-0.4, -0.2) is 4.98 Å². The molecular weight excluding hydrogens is 246 g/mol. The van der Waals surface area contributed by atoms with E-state index >= 15 is 0 Å². The maximum Gasteiger partial charge on any atom is 0.130 e. The molecule has 0 amide bonds. The Kier molecular flexibility index (Phi) is 4.22. The number of nitrogens with one attached hydrogen (secondary N) is 1. The molecule has 0 aliphatic heterocycles. The number of aromatic nitrogens is 1. The van der Waals surface area contributed by atoms with Crippen LogP contribution in [0.25, 0.3) is 0 Å². The van der Waals surface area contributed by atoms with Gasteiger partial charge in [-0.1, -0.05) is 12.1 Å². The molecule has 1 unspecified atom stereocenters. The van der Waals surface area contributed by atoms with Gasteiger partial charge in [0.05, 0.1) is 0 Å². The van der Waals surface area contributed by atoms with Crippen LogP contribution in [0.2, 0.25) is 0 Å². The molecule has 0 aliphatic carbocycles. The van der Waals surface area contributed by atoms with Gasteiger partial charge in [0.15, 0.2) is 0 Å². The molecule has 0 bridgehead atoms. The average Bonchev–Trinajstić information content (AvgIpc) is 2.39. The molecule has 1 aromatic carbocycles. The van der Waals surface area contributed by atoms with Crippen molar-refractivity contribution in [2.75, 3.05) is 0 Å². The zero-order valence-corrected chi connectivity index (χ0v) is 10.9. The van der Waals surface area contributed by atoms with Gasteiger partial charge in [-0.05, 0) is 37.6 Å². The van der Waals surface area contributed by atoms with Gasteiger partial charge >= 0.3 is 0 Å². The minimum atomic E-state index is -0.529. The second-order valence-electron chi connectivity index (χ2n) is 4.53. The summed E-state index contributed by atoms with van der Waals surface area (Å²) in [6, 6.07) is 7.21. The SMILES string of the molecule is CC(N[C@H](C)c1cccnc1)c1c(F)cccc1F. The molecule has 19 heavy (non-hydrogen) atoms. The standard InChI is InChI=1S/C15H16F2N2/c1-10(12-5-4-8-18-9-12)19-11(2)15-13(16)6-3-7-14(15)17/h3-11,19H,1-2H3/t10-,11?/m1/s1. The van der Waals surface area contributed by atoms with Crippen molar-refractivity contribution in [2.45, 2.75) is 25.9 Å². The number of pyridine rings is 1. The van der Waals surface area contributed by atoms with Crippen molar-refractivity contribution in [3.63, 3.8) is 0 Å². The third-order valence-electron chi connectivity index (χ3n) is 3.12. The second-order valence-corrected chi connectivity index (χ2v) is 4.53. The van der Waals surface area contributed by atoms with Gasteiger partial charge in [0, 0.05) is 30.0 Å². The van der Waals surface area contributed by atoms with Gasteiger partial charge in [-0.25, -0.2) is 8.78 Å². The Labute approximate surface area is 111 Å². The summed E-state index contributed by atoms with van der Waals surface area (Å²) in [7, 11) is 0. The normalized spacial score (nSPS) is 14.1. The molecule has 1 aromatic heterocycles. The van der Waals surface area contributed by atoms with Gasteiger partial charge in [0.1, 0.15) is 11.6 Å². The zero-order valence-electron chi connectivity index (χ0n) is 10.9. The average molecular weight is 262 g/mol. The van der Waals surface area contributed by atoms with E-state index in [0.717, 1.165) is 5.56 Å². The number of hydrogen-bond donors (Lipinski definition) is 1. The Hall–Kier alpha value is -1.81. The van der Waals surface area contributed by atoms with Crippen LogP contribution >= 0.6 is 0 Å². The topological polar surface area (TPSA) is 24.9 Å². The van der Waals surface area contributed by atoms with E-state index in [1.807, 2.05) is 19.1 Å². The number of benzene rings is 1. The molecule has 0 saturated heterocycles. The summed E-state index contributed by atoms with van der Waals surface area (Å²) < 4.78 is 27.3. The molecule has 100 valence electrons. The third-order valence-corrected chi connectivity index (χ3v) is 3.12. The van der Waals surface area contributed by atoms with E-state index in [9.17, 15) is 8.78 Å². The summed E-state index contributed by atoms with van der Waals surface area (Å²) in [5, 5.41) is 3.17. The lowest BCUT2D eigenvalue weighted by molar-refractivity contribution is 0.449. The summed E-state index contributed by atoms with van der Waals surface area (Å²) in [6.45, 7) is 3.68. The van der Waals surface area contributed by atoms with Crippen molar-refractivity contribution in [2.24, 2.45) is 0 Å². The lowest BCUT2D eigenvalue weighted by Crippen LogP contribution is -2.24. The first kappa shape index (κ1) is 13.6. The van der Waals surface area contributed by atoms with Crippen LogP contribution in [0.3, 0.4) is 0 Å². The van der Waals surface area contributed by atoms with Gasteiger partial charge in [0.25, 0.3) is 0 Å². The Morgan fingerprint density at radius 3 is 2.26 bits per heavy atom. The molecule has 1 N–H and O–H groups in total. The van der Waals surface area contributed by atoms with E-state index in [-0.39, 0.29) is 11.6 Å². The summed E-state index contributed by atoms with van der Waals surface area (Å²) in [5.74, 6) is -1.06. The van der Waals surface area contributed by atoms with Crippen LogP contribution in [0.15, 0.2) is 42.7 Å². The highest BCUT2D eigenvalue weighted by Crippen LogP contribution is 2.23. The molecule has 2 nitrogen and oxygen atoms in total. The first-order chi connectivity index (χ1) is 9.09. The number of halogens is 2. The predicted molar refractivity (Wildman–Crippen MR) is 70.6 cm³/mol. The molecule has 0 fully saturated rings. The van der Waals surface area contributed by atoms with Gasteiger partial charge in [-0.2, -0.15) is 0 Å². The summed E-state index contributed by atoms with van der Waals surface area (Å²) in [6.07, 6.45) is 3.43. The first-order valence-electron chi connectivity index (χ1n) is 6.19. The predicted octanol–water partition coefficient (Wildman–Crippen LogP) is 3.77. The van der Waals surface area contributed by atoms with E-state index in [1.54, 1.807) is 19.3 Å². The van der Waals surface area contributed by atoms with Crippen LogP contribution in [0, 0.1) is 11.6 Å². The second kappa shape index (κ2) is 5.89. The van der Waals surface area contributed by atoms with Crippen molar-refractivity contribution in [1.29, 1.82) is 0 Å². The molecule has 1 heterocycles. The minimum absolute atomic E-state index is 0.0392. The Bertz CT molecular complexity index is 523. The Morgan fingerprint density at radius 2 is 1.68 bits per heavy atom. The fourth-order valence-corrected chi connectivity index (χ4v) is 2.11. The largest absolute Gasteiger partial charge is 0.303 e. The van der Waals surface area contributed by atoms with Crippen molar-refractivity contribution < 1.29 is 8.78 Å². The van der Waals surface area contributed by atoms with E-state index in [0.29, 0.717) is 0 Å². The Balaban J connectivity index is 2.15. The highest BCUT2D eigenvalue weighted by Gasteiger charge is 2.18. The minimum Gasteiger partial charge on any atom is -0.303 e. The monoisotopic (exact) mass is 262 g/mol. The van der Waals surface area contributed by atoms with E-state index in [2.05, 4.69) is 10.3 Å². The Morgan fingerprint density at radius 1 is 1.00 bits per heavy atom. The van der Waals surface area contributed by atoms with Crippen molar-refractivity contribution >= 4 is 0 Å². The summed E-state index contributed by atoms with van der Waals surface area (Å²) >= 11 is 0. The molecular formula is C15H16F2N2. The van der Waals surface area contributed by atoms with Crippen molar-refractivity contribution in [3.8, 4) is 0 Å². The van der Waals surface area contributed by atoms with E-state index in [1.165, 1.54) is 18.2 Å². The number of nitrogens with zero attached hydrogens (tertiary/aromatic N) is 1. The first-order valence-corrected chi connectivity index (χ1v) is 6.19. The van der Waals surface area contributed by atoms with Gasteiger partial charge in [-0.15, -0.1) is 0 Å². The van der Waals surface area contributed by atoms with Gasteiger partial charge < -0.3 is 5.32 Å². The summed E-state index contributed by atoms with van der Waals surface area (Å²) in [4.78, 5) is 4.03. The summed E-state index contributed by atoms with van der Waals surface area (Å²) in [5.41, 5.74) is 1.05. The molecule has 0 aliphatic rings. The molecule has 0 saturated carbocycles. The lowest BCUT2D eigenvalue weighted by Gasteiger charge is -2.21. The third kappa shape index (κ3) is 3.15. The number of rotatable bonds is 4. The van der Waals surface area contributed by atoms with Crippen LogP contribution in [-0.2, 0) is 0 Å². The van der Waals surface area contributed by atoms with E-state index in [4.69, 9.17) is 0 Å². The molecule has 2 rings (SSSR count). The molecule has 0 radical (unpaired) electrons. The van der Waals surface area contributed by atoms with Crippen molar-refractivity contribution in [1.82, 2.24) is 10.3 Å². The van der Waals surface area contributed by atoms with Gasteiger partial charge in [-0.3, -0.25) is 4.98 Å². The quantitative estimate of drug-likeness (QED) is 0.907. The maximum atomic E-state index is 13.7. The van der Waals surface area contributed by atoms with Crippen LogP contribution < -0.4 is 5.32 Å². The van der Waals surface area contributed by atoms with Crippen LogP contribution in [0.4, 0.5) is 8.78 Å². The highest BCUT2D eigenvalue weighted by molar-refractivity contribution is 5.23.